The van der Waals surface area contributed by atoms with E-state index < -0.39 is 0 Å². The first-order chi connectivity index (χ1) is 5.68. The summed E-state index contributed by atoms with van der Waals surface area (Å²) in [5.41, 5.74) is 0. The molecule has 0 N–H and O–H groups in total. The summed E-state index contributed by atoms with van der Waals surface area (Å²) in [5.74, 6) is 0. The van der Waals surface area contributed by atoms with E-state index in [9.17, 15) is 0 Å². The van der Waals surface area contributed by atoms with E-state index >= 15 is 0 Å². The molecule has 13 heavy (non-hydrogen) atoms. The fourth-order valence-electron chi connectivity index (χ4n) is 0.560. The van der Waals surface area contributed by atoms with Gasteiger partial charge in [-0.2, -0.15) is 12.8 Å². The quantitative estimate of drug-likeness (QED) is 0.477. The topological polar surface area (TPSA) is 0 Å². The minimum atomic E-state index is 0. The van der Waals surface area contributed by atoms with Gasteiger partial charge in [-0.1, -0.05) is 39.5 Å². The van der Waals surface area contributed by atoms with Crippen LogP contribution in [0.1, 0.15) is 52.4 Å². The van der Waals surface area contributed by atoms with Crippen molar-refractivity contribution in [3.63, 3.8) is 0 Å². The first-order valence-electron chi connectivity index (χ1n) is 4.65. The summed E-state index contributed by atoms with van der Waals surface area (Å²) in [7, 11) is 0. The van der Waals surface area contributed by atoms with Crippen LogP contribution in [0.25, 0.3) is 0 Å². The number of unbranched alkanes of at least 4 members (excludes halogenated alkanes) is 3. The molecule has 0 aromatic rings. The maximum absolute atomic E-state index is 5.34. The van der Waals surface area contributed by atoms with Gasteiger partial charge in [-0.3, -0.25) is 0 Å². The van der Waals surface area contributed by atoms with Crippen molar-refractivity contribution in [3.05, 3.63) is 11.8 Å². The van der Waals surface area contributed by atoms with Crippen LogP contribution in [-0.2, 0) is 17.1 Å². The minimum Gasteiger partial charge on any atom is -0.343 e. The smallest absolute Gasteiger partial charge is 0.343 e. The van der Waals surface area contributed by atoms with Crippen LogP contribution in [0.15, 0.2) is 0 Å². The average Bonchev–Trinajstić information content (AvgIpc) is 2.03. The van der Waals surface area contributed by atoms with Crippen molar-refractivity contribution in [2.24, 2.45) is 0 Å². The van der Waals surface area contributed by atoms with Crippen LogP contribution < -0.4 is 0 Å². The molecule has 0 nitrogen and oxygen atoms in total. The predicted molar refractivity (Wildman–Crippen MR) is 59.4 cm³/mol. The molecular formula is C10H20Cl2Fe. The Kier molecular flexibility index (Phi) is 28.4. The second kappa shape index (κ2) is 18.8. The SMILES string of the molecule is CCCC[C-](Cl)Cl.[CH2-]CCCC.[Fe+2]. The molecule has 0 unspecified atom stereocenters. The first kappa shape index (κ1) is 19.6. The zero-order valence-corrected chi connectivity index (χ0v) is 11.2. The number of rotatable bonds is 5. The number of hydrogen-bond acceptors (Lipinski definition) is 0. The van der Waals surface area contributed by atoms with Crippen LogP contribution in [0.4, 0.5) is 0 Å². The van der Waals surface area contributed by atoms with Gasteiger partial charge in [0.1, 0.15) is 0 Å². The van der Waals surface area contributed by atoms with Crippen LogP contribution in [0, 0.1) is 11.8 Å². The molecule has 0 amide bonds. The van der Waals surface area contributed by atoms with Gasteiger partial charge in [0.15, 0.2) is 0 Å². The molecule has 0 fully saturated rings. The molecule has 0 aliphatic heterocycles. The van der Waals surface area contributed by atoms with Gasteiger partial charge in [-0.05, 0) is 0 Å². The number of halogens is 2. The van der Waals surface area contributed by atoms with E-state index in [1.165, 1.54) is 12.8 Å². The zero-order valence-electron chi connectivity index (χ0n) is 8.56. The normalized spacial score (nSPS) is 8.77. The van der Waals surface area contributed by atoms with Crippen molar-refractivity contribution in [1.29, 1.82) is 0 Å². The van der Waals surface area contributed by atoms with E-state index in [2.05, 4.69) is 20.8 Å². The van der Waals surface area contributed by atoms with Gasteiger partial charge in [0.05, 0.1) is 0 Å². The second-order valence-corrected chi connectivity index (χ2v) is 3.76. The Labute approximate surface area is 104 Å². The molecule has 0 aliphatic carbocycles. The Morgan fingerprint density at radius 3 is 1.62 bits per heavy atom. The van der Waals surface area contributed by atoms with Crippen molar-refractivity contribution >= 4 is 23.2 Å². The molecule has 0 aliphatic rings. The van der Waals surface area contributed by atoms with Gasteiger partial charge in [0, 0.05) is 0 Å². The third kappa shape index (κ3) is 32.0. The largest absolute Gasteiger partial charge is 2.00 e. The summed E-state index contributed by atoms with van der Waals surface area (Å²) in [6.07, 6.45) is 6.75. The van der Waals surface area contributed by atoms with Gasteiger partial charge in [0.25, 0.3) is 0 Å². The molecule has 0 radical (unpaired) electrons. The Morgan fingerprint density at radius 2 is 1.54 bits per heavy atom. The monoisotopic (exact) mass is 266 g/mol. The molecule has 0 saturated heterocycles. The van der Waals surface area contributed by atoms with E-state index in [0.717, 1.165) is 25.7 Å². The third-order valence-electron chi connectivity index (χ3n) is 1.32. The Hall–Kier alpha value is 1.10. The Balaban J connectivity index is -0.000000150. The van der Waals surface area contributed by atoms with E-state index in [1.807, 2.05) is 0 Å². The van der Waals surface area contributed by atoms with E-state index in [1.54, 1.807) is 0 Å². The zero-order chi connectivity index (χ0) is 9.82. The maximum atomic E-state index is 5.34. The van der Waals surface area contributed by atoms with Crippen molar-refractivity contribution in [2.75, 3.05) is 0 Å². The van der Waals surface area contributed by atoms with E-state index in [4.69, 9.17) is 23.2 Å². The molecule has 0 aromatic carbocycles. The summed E-state index contributed by atoms with van der Waals surface area (Å²) in [6.45, 7) is 7.96. The van der Waals surface area contributed by atoms with Crippen molar-refractivity contribution < 1.29 is 17.1 Å². The molecule has 0 atom stereocenters. The minimum absolute atomic E-state index is 0. The molecule has 0 bridgehead atoms. The van der Waals surface area contributed by atoms with Crippen molar-refractivity contribution in [1.82, 2.24) is 0 Å². The molecule has 3 heteroatoms. The van der Waals surface area contributed by atoms with Gasteiger partial charge < -0.3 is 30.1 Å². The Morgan fingerprint density at radius 1 is 1.08 bits per heavy atom. The van der Waals surface area contributed by atoms with Gasteiger partial charge >= 0.3 is 17.1 Å². The molecule has 0 aromatic heterocycles. The second-order valence-electron chi connectivity index (χ2n) is 2.65. The third-order valence-corrected chi connectivity index (χ3v) is 1.70. The molecule has 0 saturated carbocycles. The standard InChI is InChI=1S/C5H9Cl2.C5H11.Fe/c1-2-3-4-5(6)7;1-3-5-4-2;/h2-4H2,1H3;1,3-5H2,2H3;/q2*-1;+2. The molecular weight excluding hydrogens is 247 g/mol. The molecule has 82 valence electrons. The predicted octanol–water partition coefficient (Wildman–Crippen LogP) is 5.15. The van der Waals surface area contributed by atoms with Crippen molar-refractivity contribution in [3.8, 4) is 0 Å². The van der Waals surface area contributed by atoms with Gasteiger partial charge in [-0.15, -0.1) is 4.84 Å². The molecule has 0 heterocycles. The van der Waals surface area contributed by atoms with Crippen LogP contribution in [-0.4, -0.2) is 0 Å². The van der Waals surface area contributed by atoms with Crippen molar-refractivity contribution in [2.45, 2.75) is 52.4 Å². The summed E-state index contributed by atoms with van der Waals surface area (Å²) < 4.78 is 0. The van der Waals surface area contributed by atoms with Crippen LogP contribution in [0.2, 0.25) is 0 Å². The number of hydrogen-bond donors (Lipinski definition) is 0. The van der Waals surface area contributed by atoms with E-state index in [0.29, 0.717) is 4.84 Å². The Bertz CT molecular complexity index is 65.9. The van der Waals surface area contributed by atoms with Gasteiger partial charge in [-0.25, -0.2) is 0 Å². The molecule has 0 rings (SSSR count). The maximum Gasteiger partial charge on any atom is 2.00 e. The fourth-order valence-corrected chi connectivity index (χ4v) is 0.828. The van der Waals surface area contributed by atoms with Crippen LogP contribution >= 0.6 is 23.2 Å². The van der Waals surface area contributed by atoms with Crippen LogP contribution in [0.3, 0.4) is 0 Å². The fraction of sp³-hybridized carbons (Fsp3) is 0.800. The average molecular weight is 267 g/mol. The van der Waals surface area contributed by atoms with Gasteiger partial charge in [0.2, 0.25) is 0 Å². The summed E-state index contributed by atoms with van der Waals surface area (Å²) in [6, 6.07) is 0. The summed E-state index contributed by atoms with van der Waals surface area (Å²) in [5, 5.41) is 0. The summed E-state index contributed by atoms with van der Waals surface area (Å²) in [4.78, 5) is 0.502. The molecule has 0 spiro atoms. The summed E-state index contributed by atoms with van der Waals surface area (Å²) >= 11 is 10.7. The van der Waals surface area contributed by atoms with Crippen LogP contribution in [0.5, 0.6) is 0 Å². The first-order valence-corrected chi connectivity index (χ1v) is 5.40. The van der Waals surface area contributed by atoms with E-state index in [-0.39, 0.29) is 17.1 Å².